The van der Waals surface area contributed by atoms with Gasteiger partial charge in [-0.25, -0.2) is 0 Å². The van der Waals surface area contributed by atoms with E-state index in [0.717, 1.165) is 77.0 Å². The van der Waals surface area contributed by atoms with Gasteiger partial charge in [-0.3, -0.25) is 14.4 Å². The molecular weight excluding hydrogens is 745 g/mol. The smallest absolute Gasteiger partial charge is 0.306 e. The fraction of sp³-hybridized carbons (Fsp3) is 0.870. The molecule has 6 nitrogen and oxygen atoms in total. The van der Waals surface area contributed by atoms with E-state index in [9.17, 15) is 14.4 Å². The van der Waals surface area contributed by atoms with Gasteiger partial charge in [-0.1, -0.05) is 238 Å². The lowest BCUT2D eigenvalue weighted by atomic mass is 10.0. The Bertz CT molecular complexity index is 973. The molecule has 1 atom stereocenters. The van der Waals surface area contributed by atoms with Gasteiger partial charge < -0.3 is 14.2 Å². The average molecular weight is 845 g/mol. The van der Waals surface area contributed by atoms with Gasteiger partial charge in [0.25, 0.3) is 0 Å². The molecule has 0 radical (unpaired) electrons. The van der Waals surface area contributed by atoms with E-state index in [4.69, 9.17) is 14.2 Å². The number of allylic oxidation sites excluding steroid dienone is 4. The molecule has 0 bridgehead atoms. The van der Waals surface area contributed by atoms with Crippen molar-refractivity contribution < 1.29 is 28.6 Å². The van der Waals surface area contributed by atoms with Crippen molar-refractivity contribution in [2.24, 2.45) is 0 Å². The van der Waals surface area contributed by atoms with Crippen LogP contribution < -0.4 is 0 Å². The lowest BCUT2D eigenvalue weighted by Crippen LogP contribution is -2.30. The van der Waals surface area contributed by atoms with E-state index >= 15 is 0 Å². The number of hydrogen-bond acceptors (Lipinski definition) is 6. The van der Waals surface area contributed by atoms with Crippen molar-refractivity contribution >= 4 is 17.9 Å². The summed E-state index contributed by atoms with van der Waals surface area (Å²) in [7, 11) is 0. The summed E-state index contributed by atoms with van der Waals surface area (Å²) in [6.45, 7) is 6.63. The first-order chi connectivity index (χ1) is 29.5. The van der Waals surface area contributed by atoms with Crippen LogP contribution in [0.15, 0.2) is 24.3 Å². The van der Waals surface area contributed by atoms with Crippen LogP contribution in [0.1, 0.15) is 284 Å². The predicted molar refractivity (Wildman–Crippen MR) is 256 cm³/mol. The summed E-state index contributed by atoms with van der Waals surface area (Å²) in [5, 5.41) is 0. The van der Waals surface area contributed by atoms with Crippen molar-refractivity contribution in [3.63, 3.8) is 0 Å². The molecule has 0 aliphatic carbocycles. The van der Waals surface area contributed by atoms with Crippen molar-refractivity contribution in [2.75, 3.05) is 13.2 Å². The van der Waals surface area contributed by atoms with Crippen LogP contribution >= 0.6 is 0 Å². The predicted octanol–water partition coefficient (Wildman–Crippen LogP) is 17.2. The molecule has 6 heteroatoms. The summed E-state index contributed by atoms with van der Waals surface area (Å²) >= 11 is 0. The van der Waals surface area contributed by atoms with Gasteiger partial charge in [0, 0.05) is 19.3 Å². The molecule has 60 heavy (non-hydrogen) atoms. The molecule has 0 spiro atoms. The zero-order chi connectivity index (χ0) is 43.7. The lowest BCUT2D eigenvalue weighted by molar-refractivity contribution is -0.167. The highest BCUT2D eigenvalue weighted by molar-refractivity contribution is 5.71. The first-order valence-corrected chi connectivity index (χ1v) is 26.3. The summed E-state index contributed by atoms with van der Waals surface area (Å²) in [5.74, 6) is -0.870. The van der Waals surface area contributed by atoms with E-state index in [2.05, 4.69) is 45.1 Å². The Kier molecular flexibility index (Phi) is 47.8. The fourth-order valence-electron chi connectivity index (χ4n) is 7.71. The van der Waals surface area contributed by atoms with Gasteiger partial charge in [-0.05, 0) is 51.4 Å². The molecule has 1 unspecified atom stereocenters. The number of carbonyl (C=O) groups excluding carboxylic acids is 3. The SMILES string of the molecule is CCCCC/C=C\C/C=C\CCCCCCCC(=O)OCC(COC(=O)CCCCCCCCCCCCCC)OC(=O)CCCCCCCCCCCCCCCCC. The van der Waals surface area contributed by atoms with Crippen molar-refractivity contribution in [1.29, 1.82) is 0 Å². The van der Waals surface area contributed by atoms with Crippen LogP contribution in [0.5, 0.6) is 0 Å². The van der Waals surface area contributed by atoms with Gasteiger partial charge in [0.2, 0.25) is 0 Å². The van der Waals surface area contributed by atoms with Crippen LogP contribution in [-0.2, 0) is 28.6 Å². The standard InChI is InChI=1S/C54H100O6/c1-4-7-10-13-16-19-22-25-27-29-32-35-38-41-44-47-53(56)59-50-51(49-58-52(55)46-43-40-37-34-31-24-21-18-15-12-9-6-3)60-54(57)48-45-42-39-36-33-30-28-26-23-20-17-14-11-8-5-2/h16,19,25,27,51H,4-15,17-18,20-24,26,28-50H2,1-3H3/b19-16-,27-25-. The highest BCUT2D eigenvalue weighted by Gasteiger charge is 2.19. The number of rotatable bonds is 48. The molecule has 0 fully saturated rings. The fourth-order valence-corrected chi connectivity index (χ4v) is 7.71. The van der Waals surface area contributed by atoms with Crippen molar-refractivity contribution in [2.45, 2.75) is 290 Å². The maximum Gasteiger partial charge on any atom is 0.306 e. The van der Waals surface area contributed by atoms with E-state index in [-0.39, 0.29) is 31.1 Å². The lowest BCUT2D eigenvalue weighted by Gasteiger charge is -2.18. The Morgan fingerprint density at radius 2 is 0.600 bits per heavy atom. The van der Waals surface area contributed by atoms with Crippen LogP contribution in [0.25, 0.3) is 0 Å². The molecule has 0 aromatic rings. The minimum atomic E-state index is -0.770. The number of hydrogen-bond donors (Lipinski definition) is 0. The zero-order valence-corrected chi connectivity index (χ0v) is 40.2. The molecule has 0 aromatic carbocycles. The molecule has 0 heterocycles. The first-order valence-electron chi connectivity index (χ1n) is 26.3. The van der Waals surface area contributed by atoms with Crippen LogP contribution in [0, 0.1) is 0 Å². The molecule has 0 aromatic heterocycles. The Hall–Kier alpha value is -2.11. The third kappa shape index (κ3) is 46.9. The Labute approximate surface area is 373 Å². The summed E-state index contributed by atoms with van der Waals surface area (Å²) in [6.07, 6.45) is 55.8. The second-order valence-corrected chi connectivity index (χ2v) is 17.8. The molecule has 0 saturated carbocycles. The van der Waals surface area contributed by atoms with Crippen LogP contribution in [-0.4, -0.2) is 37.2 Å². The third-order valence-corrected chi connectivity index (χ3v) is 11.7. The summed E-state index contributed by atoms with van der Waals surface area (Å²) in [6, 6.07) is 0. The van der Waals surface area contributed by atoms with Gasteiger partial charge >= 0.3 is 17.9 Å². The van der Waals surface area contributed by atoms with Gasteiger partial charge in [-0.2, -0.15) is 0 Å². The second kappa shape index (κ2) is 49.5. The molecule has 0 rings (SSSR count). The van der Waals surface area contributed by atoms with E-state index < -0.39 is 6.10 Å². The normalized spacial score (nSPS) is 12.1. The number of esters is 3. The Morgan fingerprint density at radius 1 is 0.333 bits per heavy atom. The van der Waals surface area contributed by atoms with Crippen molar-refractivity contribution in [1.82, 2.24) is 0 Å². The highest BCUT2D eigenvalue weighted by Crippen LogP contribution is 2.16. The van der Waals surface area contributed by atoms with E-state index in [1.807, 2.05) is 0 Å². The minimum Gasteiger partial charge on any atom is -0.462 e. The van der Waals surface area contributed by atoms with Crippen molar-refractivity contribution in [3.8, 4) is 0 Å². The van der Waals surface area contributed by atoms with Crippen LogP contribution in [0.3, 0.4) is 0 Å². The summed E-state index contributed by atoms with van der Waals surface area (Å²) in [4.78, 5) is 38.0. The average Bonchev–Trinajstić information content (AvgIpc) is 3.24. The summed E-state index contributed by atoms with van der Waals surface area (Å²) < 4.78 is 16.8. The van der Waals surface area contributed by atoms with Gasteiger partial charge in [0.05, 0.1) is 0 Å². The first kappa shape index (κ1) is 57.9. The monoisotopic (exact) mass is 845 g/mol. The topological polar surface area (TPSA) is 78.9 Å². The molecule has 352 valence electrons. The molecule has 0 N–H and O–H groups in total. The molecular formula is C54H100O6. The largest absolute Gasteiger partial charge is 0.462 e. The Balaban J connectivity index is 4.35. The maximum absolute atomic E-state index is 12.8. The van der Waals surface area contributed by atoms with E-state index in [1.165, 1.54) is 167 Å². The highest BCUT2D eigenvalue weighted by atomic mass is 16.6. The zero-order valence-electron chi connectivity index (χ0n) is 40.2. The van der Waals surface area contributed by atoms with Crippen LogP contribution in [0.2, 0.25) is 0 Å². The van der Waals surface area contributed by atoms with Gasteiger partial charge in [0.1, 0.15) is 13.2 Å². The maximum atomic E-state index is 12.8. The van der Waals surface area contributed by atoms with Crippen molar-refractivity contribution in [3.05, 3.63) is 24.3 Å². The van der Waals surface area contributed by atoms with Gasteiger partial charge in [-0.15, -0.1) is 0 Å². The van der Waals surface area contributed by atoms with Gasteiger partial charge in [0.15, 0.2) is 6.10 Å². The molecule has 0 amide bonds. The minimum absolute atomic E-state index is 0.0708. The number of carbonyl (C=O) groups is 3. The van der Waals surface area contributed by atoms with Crippen LogP contribution in [0.4, 0.5) is 0 Å². The number of ether oxygens (including phenoxy) is 3. The quantitative estimate of drug-likeness (QED) is 0.0263. The molecule has 0 aliphatic heterocycles. The second-order valence-electron chi connectivity index (χ2n) is 17.8. The molecule has 0 saturated heterocycles. The summed E-state index contributed by atoms with van der Waals surface area (Å²) in [5.41, 5.74) is 0. The molecule has 0 aliphatic rings. The van der Waals surface area contributed by atoms with E-state index in [1.54, 1.807) is 0 Å². The number of unbranched alkanes of at least 4 members (excludes halogenated alkanes) is 33. The third-order valence-electron chi connectivity index (χ3n) is 11.7. The Morgan fingerprint density at radius 3 is 0.950 bits per heavy atom. The van der Waals surface area contributed by atoms with E-state index in [0.29, 0.717) is 19.3 Å².